The normalized spacial score (nSPS) is 11.1. The molecule has 0 aliphatic heterocycles. The number of benzene rings is 2. The minimum Gasteiger partial charge on any atom is -0.296 e. The molecule has 1 N–H and O–H groups in total. The number of imidazole rings is 1. The summed E-state index contributed by atoms with van der Waals surface area (Å²) in [5.74, 6) is 0.541. The highest BCUT2D eigenvalue weighted by molar-refractivity contribution is 5.80. The second-order valence-corrected chi connectivity index (χ2v) is 7.64. The van der Waals surface area contributed by atoms with E-state index in [4.69, 9.17) is 0 Å². The predicted octanol–water partition coefficient (Wildman–Crippen LogP) is 3.72. The largest absolute Gasteiger partial charge is 0.329 e. The van der Waals surface area contributed by atoms with E-state index in [2.05, 4.69) is 27.5 Å². The van der Waals surface area contributed by atoms with Crippen LogP contribution in [0.15, 0.2) is 53.3 Å². The van der Waals surface area contributed by atoms with Crippen LogP contribution in [0.1, 0.15) is 48.4 Å². The topological polar surface area (TPSA) is 98.5 Å². The Bertz CT molecular complexity index is 1250. The van der Waals surface area contributed by atoms with E-state index in [1.165, 1.54) is 0 Å². The van der Waals surface area contributed by atoms with E-state index < -0.39 is 0 Å². The Balaban J connectivity index is 1.67. The minimum absolute atomic E-state index is 0.132. The van der Waals surface area contributed by atoms with Crippen molar-refractivity contribution >= 4 is 6.29 Å². The molecule has 0 saturated carbocycles. The highest BCUT2D eigenvalue weighted by Crippen LogP contribution is 2.29. The summed E-state index contributed by atoms with van der Waals surface area (Å²) < 4.78 is 3.30. The summed E-state index contributed by atoms with van der Waals surface area (Å²) in [6.45, 7) is 4.90. The molecule has 0 bridgehead atoms. The Morgan fingerprint density at radius 2 is 1.75 bits per heavy atom. The van der Waals surface area contributed by atoms with E-state index >= 15 is 0 Å². The van der Waals surface area contributed by atoms with Crippen LogP contribution in [0.3, 0.4) is 0 Å². The first-order valence-corrected chi connectivity index (χ1v) is 10.9. The molecule has 2 heterocycles. The Kier molecular flexibility index (Phi) is 6.39. The van der Waals surface area contributed by atoms with Gasteiger partial charge in [-0.3, -0.25) is 13.9 Å². The van der Waals surface area contributed by atoms with E-state index in [9.17, 15) is 9.59 Å². The fourth-order valence-electron chi connectivity index (χ4n) is 4.04. The number of aromatic amines is 1. The van der Waals surface area contributed by atoms with Gasteiger partial charge in [-0.25, -0.2) is 4.79 Å². The molecule has 0 amide bonds. The van der Waals surface area contributed by atoms with Crippen LogP contribution in [-0.2, 0) is 19.5 Å². The monoisotopic (exact) mass is 430 g/mol. The smallest absolute Gasteiger partial charge is 0.296 e. The molecule has 0 unspecified atom stereocenters. The SMILES string of the molecule is CCCCc1c(C=O)n(CC)c(=O)n1Cc1ccc(-c2ccccc2-c2nn[nH]n2)cc1. The molecular weight excluding hydrogens is 404 g/mol. The number of aldehydes is 1. The van der Waals surface area contributed by atoms with E-state index in [1.54, 1.807) is 9.13 Å². The Morgan fingerprint density at radius 3 is 2.38 bits per heavy atom. The molecule has 0 radical (unpaired) electrons. The lowest BCUT2D eigenvalue weighted by Crippen LogP contribution is -2.25. The lowest BCUT2D eigenvalue weighted by atomic mass is 9.98. The molecule has 4 aromatic rings. The van der Waals surface area contributed by atoms with E-state index in [1.807, 2.05) is 55.5 Å². The average molecular weight is 431 g/mol. The first-order valence-electron chi connectivity index (χ1n) is 10.9. The maximum absolute atomic E-state index is 13.0. The van der Waals surface area contributed by atoms with Crippen molar-refractivity contribution in [2.75, 3.05) is 0 Å². The summed E-state index contributed by atoms with van der Waals surface area (Å²) in [5, 5.41) is 14.4. The van der Waals surface area contributed by atoms with Gasteiger partial charge in [0.05, 0.1) is 12.2 Å². The van der Waals surface area contributed by atoms with Gasteiger partial charge in [-0.15, -0.1) is 10.2 Å². The number of hydrogen-bond acceptors (Lipinski definition) is 5. The highest BCUT2D eigenvalue weighted by atomic mass is 16.2. The van der Waals surface area contributed by atoms with Crippen molar-refractivity contribution in [3.63, 3.8) is 0 Å². The minimum atomic E-state index is -0.132. The lowest BCUT2D eigenvalue weighted by Gasteiger charge is -2.10. The molecule has 2 aromatic carbocycles. The van der Waals surface area contributed by atoms with Crippen molar-refractivity contribution in [2.24, 2.45) is 0 Å². The summed E-state index contributed by atoms with van der Waals surface area (Å²) in [6, 6.07) is 16.0. The molecule has 164 valence electrons. The summed E-state index contributed by atoms with van der Waals surface area (Å²) in [6.07, 6.45) is 3.45. The zero-order chi connectivity index (χ0) is 22.5. The molecule has 0 fully saturated rings. The number of H-pyrrole nitrogens is 1. The Hall–Kier alpha value is -3.81. The van der Waals surface area contributed by atoms with Crippen molar-refractivity contribution < 1.29 is 4.79 Å². The summed E-state index contributed by atoms with van der Waals surface area (Å²) in [5.41, 5.74) is 5.09. The fraction of sp³-hybridized carbons (Fsp3) is 0.292. The van der Waals surface area contributed by atoms with Gasteiger partial charge in [0.1, 0.15) is 5.69 Å². The summed E-state index contributed by atoms with van der Waals surface area (Å²) >= 11 is 0. The van der Waals surface area contributed by atoms with Crippen molar-refractivity contribution in [2.45, 2.75) is 46.2 Å². The van der Waals surface area contributed by atoms with E-state index in [0.29, 0.717) is 31.0 Å². The molecule has 8 nitrogen and oxygen atoms in total. The second-order valence-electron chi connectivity index (χ2n) is 7.64. The second kappa shape index (κ2) is 9.55. The number of nitrogens with one attached hydrogen (secondary N) is 1. The van der Waals surface area contributed by atoms with Gasteiger partial charge in [-0.2, -0.15) is 5.21 Å². The molecular formula is C24H26N6O2. The number of nitrogens with zero attached hydrogens (tertiary/aromatic N) is 5. The quantitative estimate of drug-likeness (QED) is 0.408. The molecule has 0 aliphatic rings. The van der Waals surface area contributed by atoms with Crippen molar-refractivity contribution in [1.29, 1.82) is 0 Å². The van der Waals surface area contributed by atoms with Crippen LogP contribution in [0.25, 0.3) is 22.5 Å². The number of rotatable bonds is 9. The van der Waals surface area contributed by atoms with E-state index in [-0.39, 0.29) is 5.69 Å². The zero-order valence-electron chi connectivity index (χ0n) is 18.3. The van der Waals surface area contributed by atoms with Gasteiger partial charge in [0, 0.05) is 12.1 Å². The predicted molar refractivity (Wildman–Crippen MR) is 123 cm³/mol. The number of tetrazole rings is 1. The van der Waals surface area contributed by atoms with Crippen molar-refractivity contribution in [3.05, 3.63) is 76.0 Å². The number of carbonyl (C=O) groups excluding carboxylic acids is 1. The third-order valence-corrected chi connectivity index (χ3v) is 5.69. The maximum atomic E-state index is 13.0. The van der Waals surface area contributed by atoms with Crippen LogP contribution in [0.5, 0.6) is 0 Å². The fourth-order valence-corrected chi connectivity index (χ4v) is 4.04. The van der Waals surface area contributed by atoms with Gasteiger partial charge in [0.25, 0.3) is 0 Å². The third-order valence-electron chi connectivity index (χ3n) is 5.69. The molecule has 0 saturated heterocycles. The molecule has 0 spiro atoms. The molecule has 0 atom stereocenters. The number of unbranched alkanes of at least 4 members (excludes halogenated alkanes) is 1. The van der Waals surface area contributed by atoms with Gasteiger partial charge in [-0.1, -0.05) is 61.9 Å². The van der Waals surface area contributed by atoms with Crippen LogP contribution in [0, 0.1) is 0 Å². The average Bonchev–Trinajstić information content (AvgIpc) is 3.45. The molecule has 8 heteroatoms. The maximum Gasteiger partial charge on any atom is 0.329 e. The van der Waals surface area contributed by atoms with Crippen LogP contribution in [0.2, 0.25) is 0 Å². The Morgan fingerprint density at radius 1 is 1.00 bits per heavy atom. The number of carbonyl (C=O) groups is 1. The third kappa shape index (κ3) is 4.03. The van der Waals surface area contributed by atoms with Crippen LogP contribution < -0.4 is 5.69 Å². The van der Waals surface area contributed by atoms with Gasteiger partial charge in [0.2, 0.25) is 5.82 Å². The van der Waals surface area contributed by atoms with Crippen molar-refractivity contribution in [1.82, 2.24) is 29.8 Å². The first-order chi connectivity index (χ1) is 15.7. The number of aromatic nitrogens is 6. The summed E-state index contributed by atoms with van der Waals surface area (Å²) in [7, 11) is 0. The zero-order valence-corrected chi connectivity index (χ0v) is 18.3. The molecule has 0 aliphatic carbocycles. The van der Waals surface area contributed by atoms with Gasteiger partial charge >= 0.3 is 5.69 Å². The van der Waals surface area contributed by atoms with Gasteiger partial charge in [-0.05, 0) is 41.7 Å². The van der Waals surface area contributed by atoms with Gasteiger partial charge < -0.3 is 0 Å². The number of hydrogen-bond donors (Lipinski definition) is 1. The first kappa shape index (κ1) is 21.4. The molecule has 2 aromatic heterocycles. The van der Waals surface area contributed by atoms with Gasteiger partial charge in [0.15, 0.2) is 6.29 Å². The standard InChI is InChI=1S/C24H26N6O2/c1-3-5-10-21-22(16-31)29(4-2)24(32)30(21)15-17-11-13-18(14-12-17)19-8-6-7-9-20(19)23-25-27-28-26-23/h6-9,11-14,16H,3-5,10,15H2,1-2H3,(H,25,26,27,28). The van der Waals surface area contributed by atoms with Crippen LogP contribution >= 0.6 is 0 Å². The summed E-state index contributed by atoms with van der Waals surface area (Å²) in [4.78, 5) is 24.7. The molecule has 32 heavy (non-hydrogen) atoms. The van der Waals surface area contributed by atoms with E-state index in [0.717, 1.165) is 47.1 Å². The van der Waals surface area contributed by atoms with Crippen LogP contribution in [-0.4, -0.2) is 36.0 Å². The lowest BCUT2D eigenvalue weighted by molar-refractivity contribution is 0.111. The van der Waals surface area contributed by atoms with Crippen molar-refractivity contribution in [3.8, 4) is 22.5 Å². The Labute approximate surface area is 185 Å². The molecule has 4 rings (SSSR count). The van der Waals surface area contributed by atoms with Crippen LogP contribution in [0.4, 0.5) is 0 Å². The highest BCUT2D eigenvalue weighted by Gasteiger charge is 2.18.